The molecule has 2 N–H and O–H groups in total. The van der Waals surface area contributed by atoms with E-state index in [1.54, 1.807) is 43.5 Å². The van der Waals surface area contributed by atoms with Crippen molar-refractivity contribution in [2.45, 2.75) is 0 Å². The van der Waals surface area contributed by atoms with Crippen LogP contribution in [0.2, 0.25) is 5.02 Å². The highest BCUT2D eigenvalue weighted by Gasteiger charge is 2.19. The largest absolute Gasteiger partial charge is 0.497 e. The summed E-state index contributed by atoms with van der Waals surface area (Å²) in [7, 11) is 1.58. The van der Waals surface area contributed by atoms with Crippen molar-refractivity contribution in [2.24, 2.45) is 0 Å². The van der Waals surface area contributed by atoms with E-state index in [0.29, 0.717) is 33.4 Å². The standard InChI is InChI=1S/C20H17ClN2O3S/c1-3-10-22-19(24)13-6-4-5-7-15(13)23-20(25)18-17(21)14-9-8-12(26-2)11-16(14)27-18/h3-9,11H,1,10H2,2H3,(H,22,24)(H,23,25). The van der Waals surface area contributed by atoms with Gasteiger partial charge in [0.15, 0.2) is 0 Å². The van der Waals surface area contributed by atoms with Crippen LogP contribution in [0.15, 0.2) is 55.1 Å². The number of carbonyl (C=O) groups is 2. The Labute approximate surface area is 165 Å². The molecule has 0 spiro atoms. The molecule has 5 nitrogen and oxygen atoms in total. The molecule has 1 heterocycles. The van der Waals surface area contributed by atoms with Crippen LogP contribution in [-0.4, -0.2) is 25.5 Å². The molecule has 0 unspecified atom stereocenters. The number of methoxy groups -OCH3 is 1. The molecule has 0 aliphatic heterocycles. The number of hydrogen-bond donors (Lipinski definition) is 2. The summed E-state index contributed by atoms with van der Waals surface area (Å²) in [6.45, 7) is 3.91. The summed E-state index contributed by atoms with van der Waals surface area (Å²) in [5.41, 5.74) is 0.779. The minimum Gasteiger partial charge on any atom is -0.497 e. The highest BCUT2D eigenvalue weighted by atomic mass is 35.5. The Morgan fingerprint density at radius 1 is 1.22 bits per heavy atom. The van der Waals surface area contributed by atoms with Gasteiger partial charge in [0.1, 0.15) is 10.6 Å². The van der Waals surface area contributed by atoms with E-state index in [1.165, 1.54) is 11.3 Å². The number of hydrogen-bond acceptors (Lipinski definition) is 4. The molecule has 0 aliphatic rings. The second kappa shape index (κ2) is 8.24. The summed E-state index contributed by atoms with van der Waals surface area (Å²) in [4.78, 5) is 25.4. The molecule has 3 aromatic rings. The maximum atomic E-state index is 12.8. The third-order valence-corrected chi connectivity index (χ3v) is 5.53. The molecule has 1 aromatic heterocycles. The molecular weight excluding hydrogens is 384 g/mol. The van der Waals surface area contributed by atoms with E-state index in [2.05, 4.69) is 17.2 Å². The lowest BCUT2D eigenvalue weighted by molar-refractivity contribution is 0.0959. The topological polar surface area (TPSA) is 67.4 Å². The fourth-order valence-corrected chi connectivity index (χ4v) is 3.99. The van der Waals surface area contributed by atoms with E-state index in [4.69, 9.17) is 16.3 Å². The number of halogens is 1. The minimum atomic E-state index is -0.371. The Kier molecular flexibility index (Phi) is 5.78. The monoisotopic (exact) mass is 400 g/mol. The first-order chi connectivity index (χ1) is 13.0. The number of amides is 2. The number of para-hydroxylation sites is 1. The number of carbonyl (C=O) groups excluding carboxylic acids is 2. The van der Waals surface area contributed by atoms with Crippen molar-refractivity contribution >= 4 is 50.5 Å². The van der Waals surface area contributed by atoms with Gasteiger partial charge in [0, 0.05) is 16.6 Å². The Bertz CT molecular complexity index is 1030. The van der Waals surface area contributed by atoms with Gasteiger partial charge in [-0.1, -0.05) is 29.8 Å². The number of anilines is 1. The number of ether oxygens (including phenoxy) is 1. The minimum absolute atomic E-state index is 0.294. The van der Waals surface area contributed by atoms with Gasteiger partial charge >= 0.3 is 0 Å². The lowest BCUT2D eigenvalue weighted by atomic mass is 10.1. The Balaban J connectivity index is 1.90. The van der Waals surface area contributed by atoms with Crippen LogP contribution in [0, 0.1) is 0 Å². The second-order valence-electron chi connectivity index (χ2n) is 5.61. The molecule has 138 valence electrons. The van der Waals surface area contributed by atoms with Gasteiger partial charge in [-0.3, -0.25) is 9.59 Å². The fraction of sp³-hybridized carbons (Fsp3) is 0.100. The molecule has 0 saturated carbocycles. The van der Waals surface area contributed by atoms with E-state index in [9.17, 15) is 9.59 Å². The highest BCUT2D eigenvalue weighted by Crippen LogP contribution is 2.37. The van der Waals surface area contributed by atoms with Gasteiger partial charge in [-0.05, 0) is 30.3 Å². The molecule has 27 heavy (non-hydrogen) atoms. The van der Waals surface area contributed by atoms with Crippen LogP contribution in [0.1, 0.15) is 20.0 Å². The molecule has 2 aromatic carbocycles. The fourth-order valence-electron chi connectivity index (χ4n) is 2.55. The van der Waals surface area contributed by atoms with Crippen LogP contribution in [-0.2, 0) is 0 Å². The lowest BCUT2D eigenvalue weighted by Crippen LogP contribution is -2.25. The molecule has 2 amide bonds. The van der Waals surface area contributed by atoms with Crippen LogP contribution in [0.5, 0.6) is 5.75 Å². The van der Waals surface area contributed by atoms with Gasteiger partial charge in [-0.15, -0.1) is 17.9 Å². The molecule has 0 aliphatic carbocycles. The van der Waals surface area contributed by atoms with E-state index >= 15 is 0 Å². The van der Waals surface area contributed by atoms with Crippen molar-refractivity contribution in [1.29, 1.82) is 0 Å². The molecule has 0 saturated heterocycles. The van der Waals surface area contributed by atoms with E-state index in [-0.39, 0.29) is 11.8 Å². The third-order valence-electron chi connectivity index (χ3n) is 3.87. The van der Waals surface area contributed by atoms with Crippen molar-refractivity contribution in [1.82, 2.24) is 5.32 Å². The van der Waals surface area contributed by atoms with Crippen LogP contribution < -0.4 is 15.4 Å². The van der Waals surface area contributed by atoms with Crippen molar-refractivity contribution in [2.75, 3.05) is 19.0 Å². The SMILES string of the molecule is C=CCNC(=O)c1ccccc1NC(=O)c1sc2cc(OC)ccc2c1Cl. The van der Waals surface area contributed by atoms with Gasteiger partial charge in [0.2, 0.25) is 0 Å². The summed E-state index contributed by atoms with van der Waals surface area (Å²) in [6, 6.07) is 12.2. The molecule has 0 atom stereocenters. The number of benzene rings is 2. The van der Waals surface area contributed by atoms with E-state index in [1.807, 2.05) is 12.1 Å². The average molecular weight is 401 g/mol. The van der Waals surface area contributed by atoms with Crippen molar-refractivity contribution in [3.8, 4) is 5.75 Å². The zero-order valence-electron chi connectivity index (χ0n) is 14.5. The van der Waals surface area contributed by atoms with Gasteiger partial charge < -0.3 is 15.4 Å². The molecule has 0 bridgehead atoms. The molecule has 7 heteroatoms. The molecule has 0 radical (unpaired) electrons. The van der Waals surface area contributed by atoms with Gasteiger partial charge in [-0.25, -0.2) is 0 Å². The summed E-state index contributed by atoms with van der Waals surface area (Å²) in [5, 5.41) is 6.65. The van der Waals surface area contributed by atoms with Crippen LogP contribution in [0.25, 0.3) is 10.1 Å². The first kappa shape index (κ1) is 18.9. The predicted octanol–water partition coefficient (Wildman–Crippen LogP) is 4.73. The number of nitrogens with one attached hydrogen (secondary N) is 2. The van der Waals surface area contributed by atoms with Crippen molar-refractivity contribution < 1.29 is 14.3 Å². The van der Waals surface area contributed by atoms with Crippen LogP contribution in [0.3, 0.4) is 0 Å². The predicted molar refractivity (Wildman–Crippen MR) is 110 cm³/mol. The average Bonchev–Trinajstić information content (AvgIpc) is 3.02. The number of fused-ring (bicyclic) bond motifs is 1. The number of thiophene rings is 1. The lowest BCUT2D eigenvalue weighted by Gasteiger charge is -2.10. The normalized spacial score (nSPS) is 10.4. The zero-order valence-corrected chi connectivity index (χ0v) is 16.1. The quantitative estimate of drug-likeness (QED) is 0.588. The molecule has 3 rings (SSSR count). The maximum Gasteiger partial charge on any atom is 0.267 e. The maximum absolute atomic E-state index is 12.8. The highest BCUT2D eigenvalue weighted by molar-refractivity contribution is 7.21. The summed E-state index contributed by atoms with van der Waals surface area (Å²) >= 11 is 7.67. The van der Waals surface area contributed by atoms with Gasteiger partial charge in [0.25, 0.3) is 11.8 Å². The Hall–Kier alpha value is -2.83. The summed E-state index contributed by atoms with van der Waals surface area (Å²) in [5.74, 6) is 0.0266. The van der Waals surface area contributed by atoms with Gasteiger partial charge in [0.05, 0.1) is 23.4 Å². The Morgan fingerprint density at radius 3 is 2.74 bits per heavy atom. The first-order valence-electron chi connectivity index (χ1n) is 8.10. The summed E-state index contributed by atoms with van der Waals surface area (Å²) < 4.78 is 6.06. The third kappa shape index (κ3) is 3.97. The van der Waals surface area contributed by atoms with Crippen LogP contribution >= 0.6 is 22.9 Å². The summed E-state index contributed by atoms with van der Waals surface area (Å²) in [6.07, 6.45) is 1.59. The van der Waals surface area contributed by atoms with Crippen molar-refractivity contribution in [3.63, 3.8) is 0 Å². The van der Waals surface area contributed by atoms with E-state index < -0.39 is 0 Å². The molecular formula is C20H17ClN2O3S. The smallest absolute Gasteiger partial charge is 0.267 e. The molecule has 0 fully saturated rings. The zero-order chi connectivity index (χ0) is 19.4. The first-order valence-corrected chi connectivity index (χ1v) is 9.30. The number of rotatable bonds is 6. The van der Waals surface area contributed by atoms with Gasteiger partial charge in [-0.2, -0.15) is 0 Å². The van der Waals surface area contributed by atoms with Crippen LogP contribution in [0.4, 0.5) is 5.69 Å². The Morgan fingerprint density at radius 2 is 2.00 bits per heavy atom. The van der Waals surface area contributed by atoms with E-state index in [0.717, 1.165) is 10.1 Å². The van der Waals surface area contributed by atoms with Crippen molar-refractivity contribution in [3.05, 3.63) is 70.6 Å². The second-order valence-corrected chi connectivity index (χ2v) is 7.04.